The maximum absolute atomic E-state index is 5.79. The van der Waals surface area contributed by atoms with Gasteiger partial charge in [0.05, 0.1) is 0 Å². The minimum Gasteiger partial charge on any atom is -0.330 e. The van der Waals surface area contributed by atoms with Crippen LogP contribution in [0.3, 0.4) is 0 Å². The summed E-state index contributed by atoms with van der Waals surface area (Å²) in [5.41, 5.74) is 7.13. The zero-order chi connectivity index (χ0) is 13.7. The van der Waals surface area contributed by atoms with E-state index in [9.17, 15) is 0 Å². The number of hydrogen-bond acceptors (Lipinski definition) is 4. The molecule has 1 aromatic rings. The fourth-order valence-corrected chi connectivity index (χ4v) is 2.78. The van der Waals surface area contributed by atoms with Gasteiger partial charge in [-0.05, 0) is 51.1 Å². The summed E-state index contributed by atoms with van der Waals surface area (Å²) in [6.07, 6.45) is 6.05. The number of rotatable bonds is 4. The average Bonchev–Trinajstić information content (AvgIpc) is 2.54. The second-order valence-electron chi connectivity index (χ2n) is 5.63. The van der Waals surface area contributed by atoms with Gasteiger partial charge in [-0.3, -0.25) is 9.88 Å². The Morgan fingerprint density at radius 1 is 1.37 bits per heavy atom. The Hall–Kier alpha value is -0.970. The zero-order valence-corrected chi connectivity index (χ0v) is 12.1. The number of pyridine rings is 1. The van der Waals surface area contributed by atoms with Crippen LogP contribution in [0.1, 0.15) is 25.3 Å². The molecule has 2 heterocycles. The van der Waals surface area contributed by atoms with Gasteiger partial charge in [0.1, 0.15) is 0 Å². The average molecular weight is 262 g/mol. The summed E-state index contributed by atoms with van der Waals surface area (Å²) in [4.78, 5) is 9.14. The fourth-order valence-electron chi connectivity index (χ4n) is 2.78. The summed E-state index contributed by atoms with van der Waals surface area (Å²) in [6.45, 7) is 6.35. The number of nitrogens with zero attached hydrogens (tertiary/aromatic N) is 3. The summed E-state index contributed by atoms with van der Waals surface area (Å²) in [5, 5.41) is 0. The highest BCUT2D eigenvalue weighted by molar-refractivity contribution is 5.09. The quantitative estimate of drug-likeness (QED) is 0.889. The molecular formula is C15H26N4. The summed E-state index contributed by atoms with van der Waals surface area (Å²) in [5.74, 6) is 0. The van der Waals surface area contributed by atoms with Crippen molar-refractivity contribution in [2.24, 2.45) is 5.73 Å². The van der Waals surface area contributed by atoms with Crippen LogP contribution in [0.4, 0.5) is 0 Å². The van der Waals surface area contributed by atoms with Crippen molar-refractivity contribution >= 4 is 0 Å². The van der Waals surface area contributed by atoms with Gasteiger partial charge in [0.15, 0.2) is 0 Å². The Kier molecular flexibility index (Phi) is 5.31. The number of nitrogens with two attached hydrogens (primary N) is 1. The van der Waals surface area contributed by atoms with Gasteiger partial charge < -0.3 is 10.6 Å². The van der Waals surface area contributed by atoms with Crippen LogP contribution in [0.5, 0.6) is 0 Å². The predicted octanol–water partition coefficient (Wildman–Crippen LogP) is 1.33. The number of likely N-dealkylation sites (N-methyl/N-ethyl adjacent to an activating group) is 1. The lowest BCUT2D eigenvalue weighted by Crippen LogP contribution is -2.41. The van der Waals surface area contributed by atoms with E-state index in [-0.39, 0.29) is 0 Å². The Labute approximate surface area is 116 Å². The molecule has 19 heavy (non-hydrogen) atoms. The molecule has 4 heteroatoms. The topological polar surface area (TPSA) is 45.4 Å². The van der Waals surface area contributed by atoms with Crippen molar-refractivity contribution in [3.8, 4) is 0 Å². The van der Waals surface area contributed by atoms with Crippen LogP contribution in [-0.2, 0) is 6.54 Å². The van der Waals surface area contributed by atoms with E-state index in [1.807, 2.05) is 12.4 Å². The molecule has 1 saturated heterocycles. The monoisotopic (exact) mass is 262 g/mol. The molecule has 0 amide bonds. The lowest BCUT2D eigenvalue weighted by atomic mass is 10.1. The molecule has 4 nitrogen and oxygen atoms in total. The van der Waals surface area contributed by atoms with Gasteiger partial charge in [0, 0.05) is 44.1 Å². The van der Waals surface area contributed by atoms with E-state index < -0.39 is 0 Å². The molecule has 1 aliphatic heterocycles. The zero-order valence-electron chi connectivity index (χ0n) is 12.1. The van der Waals surface area contributed by atoms with Gasteiger partial charge in [-0.15, -0.1) is 0 Å². The molecule has 2 unspecified atom stereocenters. The van der Waals surface area contributed by atoms with E-state index in [1.54, 1.807) is 0 Å². The normalized spacial score (nSPS) is 26.3. The van der Waals surface area contributed by atoms with Crippen molar-refractivity contribution in [1.82, 2.24) is 14.8 Å². The molecule has 106 valence electrons. The van der Waals surface area contributed by atoms with E-state index in [2.05, 4.69) is 40.9 Å². The summed E-state index contributed by atoms with van der Waals surface area (Å²) >= 11 is 0. The van der Waals surface area contributed by atoms with Gasteiger partial charge in [0.2, 0.25) is 0 Å². The van der Waals surface area contributed by atoms with Gasteiger partial charge in [-0.2, -0.15) is 0 Å². The second kappa shape index (κ2) is 6.98. The van der Waals surface area contributed by atoms with Gasteiger partial charge in [0.25, 0.3) is 0 Å². The number of hydrogen-bond donors (Lipinski definition) is 1. The molecule has 2 N–H and O–H groups in total. The minimum absolute atomic E-state index is 0.563. The van der Waals surface area contributed by atoms with Gasteiger partial charge >= 0.3 is 0 Å². The van der Waals surface area contributed by atoms with Crippen LogP contribution in [0, 0.1) is 0 Å². The van der Waals surface area contributed by atoms with Crippen LogP contribution in [0.2, 0.25) is 0 Å². The third kappa shape index (κ3) is 4.00. The maximum Gasteiger partial charge on any atom is 0.0271 e. The van der Waals surface area contributed by atoms with Crippen LogP contribution in [-0.4, -0.2) is 53.5 Å². The van der Waals surface area contributed by atoms with Crippen molar-refractivity contribution in [1.29, 1.82) is 0 Å². The largest absolute Gasteiger partial charge is 0.330 e. The van der Waals surface area contributed by atoms with Crippen LogP contribution < -0.4 is 5.73 Å². The highest BCUT2D eigenvalue weighted by Crippen LogP contribution is 2.18. The van der Waals surface area contributed by atoms with Crippen molar-refractivity contribution in [3.63, 3.8) is 0 Å². The summed E-state index contributed by atoms with van der Waals surface area (Å²) in [7, 11) is 2.23. The Balaban J connectivity index is 2.06. The molecule has 0 aromatic carbocycles. The first-order valence-electron chi connectivity index (χ1n) is 7.24. The molecule has 0 radical (unpaired) electrons. The summed E-state index contributed by atoms with van der Waals surface area (Å²) < 4.78 is 0. The van der Waals surface area contributed by atoms with E-state index in [1.165, 1.54) is 12.0 Å². The molecule has 1 fully saturated rings. The van der Waals surface area contributed by atoms with E-state index >= 15 is 0 Å². The Bertz CT molecular complexity index is 368. The highest BCUT2D eigenvalue weighted by Gasteiger charge is 2.25. The molecule has 0 bridgehead atoms. The first kappa shape index (κ1) is 14.4. The van der Waals surface area contributed by atoms with Gasteiger partial charge in [-0.25, -0.2) is 0 Å². The lowest BCUT2D eigenvalue weighted by Gasteiger charge is -2.31. The van der Waals surface area contributed by atoms with Crippen molar-refractivity contribution in [2.75, 3.05) is 26.7 Å². The molecule has 1 aliphatic rings. The Morgan fingerprint density at radius 3 is 2.79 bits per heavy atom. The SMILES string of the molecule is CC1CCN(Cc2ccncc2)C(CCN)CN1C. The fraction of sp³-hybridized carbons (Fsp3) is 0.667. The van der Waals surface area contributed by atoms with Crippen molar-refractivity contribution < 1.29 is 0 Å². The first-order chi connectivity index (χ1) is 9.20. The molecule has 2 rings (SSSR count). The van der Waals surface area contributed by atoms with Crippen LogP contribution in [0.25, 0.3) is 0 Å². The second-order valence-corrected chi connectivity index (χ2v) is 5.63. The first-order valence-corrected chi connectivity index (χ1v) is 7.24. The van der Waals surface area contributed by atoms with Crippen LogP contribution in [0.15, 0.2) is 24.5 Å². The minimum atomic E-state index is 0.563. The molecule has 2 atom stereocenters. The summed E-state index contributed by atoms with van der Waals surface area (Å²) in [6, 6.07) is 5.44. The molecular weight excluding hydrogens is 236 g/mol. The molecule has 0 spiro atoms. The molecule has 1 aromatic heterocycles. The lowest BCUT2D eigenvalue weighted by molar-refractivity contribution is 0.168. The maximum atomic E-state index is 5.79. The van der Waals surface area contributed by atoms with E-state index in [4.69, 9.17) is 5.73 Å². The van der Waals surface area contributed by atoms with Crippen LogP contribution >= 0.6 is 0 Å². The third-order valence-electron chi connectivity index (χ3n) is 4.24. The molecule has 0 saturated carbocycles. The van der Waals surface area contributed by atoms with Gasteiger partial charge in [-0.1, -0.05) is 0 Å². The third-order valence-corrected chi connectivity index (χ3v) is 4.24. The van der Waals surface area contributed by atoms with Crippen molar-refractivity contribution in [2.45, 2.75) is 38.4 Å². The van der Waals surface area contributed by atoms with E-state index in [0.29, 0.717) is 12.1 Å². The standard InChI is InChI=1S/C15H26N4/c1-13-6-10-19(11-14-4-8-17-9-5-14)15(3-7-16)12-18(13)2/h4-5,8-9,13,15H,3,6-7,10-12,16H2,1-2H3. The predicted molar refractivity (Wildman–Crippen MR) is 78.8 cm³/mol. The van der Waals surface area contributed by atoms with Crippen molar-refractivity contribution in [3.05, 3.63) is 30.1 Å². The van der Waals surface area contributed by atoms with E-state index in [0.717, 1.165) is 32.6 Å². The Morgan fingerprint density at radius 2 is 2.11 bits per heavy atom. The highest BCUT2D eigenvalue weighted by atomic mass is 15.2. The number of aromatic nitrogens is 1. The molecule has 0 aliphatic carbocycles. The smallest absolute Gasteiger partial charge is 0.0271 e.